The van der Waals surface area contributed by atoms with Crippen molar-refractivity contribution in [3.05, 3.63) is 41.4 Å². The fourth-order valence-electron chi connectivity index (χ4n) is 3.01. The average Bonchev–Trinajstić information content (AvgIpc) is 3.21. The molecule has 0 saturated heterocycles. The van der Waals surface area contributed by atoms with Gasteiger partial charge >= 0.3 is 0 Å². The molecule has 2 aromatic carbocycles. The Hall–Kier alpha value is -2.26. The number of hydrogen-bond acceptors (Lipinski definition) is 7. The first kappa shape index (κ1) is 26.0. The van der Waals surface area contributed by atoms with Gasteiger partial charge in [0.1, 0.15) is 22.8 Å². The number of carbonyl (C=O) groups is 1. The lowest BCUT2D eigenvalue weighted by molar-refractivity contribution is -0.120. The fraction of sp³-hybridized carbons (Fsp3) is 0.364. The number of anilines is 1. The molecular weight excluding hydrogens is 473 g/mol. The van der Waals surface area contributed by atoms with Gasteiger partial charge in [-0.15, -0.1) is 12.4 Å². The predicted octanol–water partition coefficient (Wildman–Crippen LogP) is 4.75. The van der Waals surface area contributed by atoms with Crippen molar-refractivity contribution in [2.24, 2.45) is 0 Å². The van der Waals surface area contributed by atoms with Crippen molar-refractivity contribution in [3.8, 4) is 17.2 Å². The van der Waals surface area contributed by atoms with Crippen LogP contribution in [0.25, 0.3) is 10.2 Å². The van der Waals surface area contributed by atoms with Crippen molar-refractivity contribution in [2.75, 3.05) is 52.9 Å². The standard InChI is InChI=1S/C22H26ClN3O4S.ClH/c1-25(2)11-6-12-26(19(27)14-30-16-8-5-7-15(13-16)28-3)22-24-20-18(29-4)10-9-17(23)21(20)31-22;/h5,7-10,13H,6,11-12,14H2,1-4H3;1H. The van der Waals surface area contributed by atoms with Crippen molar-refractivity contribution in [1.29, 1.82) is 0 Å². The van der Waals surface area contributed by atoms with Gasteiger partial charge in [0.2, 0.25) is 0 Å². The summed E-state index contributed by atoms with van der Waals surface area (Å²) < 4.78 is 17.1. The molecule has 0 aliphatic heterocycles. The Morgan fingerprint density at radius 1 is 1.09 bits per heavy atom. The number of ether oxygens (including phenoxy) is 3. The van der Waals surface area contributed by atoms with Crippen molar-refractivity contribution in [1.82, 2.24) is 9.88 Å². The van der Waals surface area contributed by atoms with Gasteiger partial charge in [0, 0.05) is 12.6 Å². The lowest BCUT2D eigenvalue weighted by atomic mass is 10.3. The lowest BCUT2D eigenvalue weighted by Crippen LogP contribution is -2.36. The summed E-state index contributed by atoms with van der Waals surface area (Å²) in [6.07, 6.45) is 0.790. The summed E-state index contributed by atoms with van der Waals surface area (Å²) in [5.41, 5.74) is 0.647. The van der Waals surface area contributed by atoms with Crippen molar-refractivity contribution in [3.63, 3.8) is 0 Å². The summed E-state index contributed by atoms with van der Waals surface area (Å²) in [5.74, 6) is 1.67. The smallest absolute Gasteiger partial charge is 0.266 e. The summed E-state index contributed by atoms with van der Waals surface area (Å²) in [5, 5.41) is 1.15. The molecule has 0 fully saturated rings. The Kier molecular flexibility index (Phi) is 9.84. The van der Waals surface area contributed by atoms with Crippen LogP contribution in [0.3, 0.4) is 0 Å². The molecule has 1 amide bonds. The molecule has 0 bridgehead atoms. The molecule has 0 N–H and O–H groups in total. The van der Waals surface area contributed by atoms with E-state index in [4.69, 9.17) is 25.8 Å². The fourth-order valence-corrected chi connectivity index (χ4v) is 4.31. The van der Waals surface area contributed by atoms with Gasteiger partial charge in [-0.3, -0.25) is 9.69 Å². The molecule has 1 aromatic heterocycles. The normalized spacial score (nSPS) is 10.7. The van der Waals surface area contributed by atoms with Gasteiger partial charge in [-0.2, -0.15) is 0 Å². The van der Waals surface area contributed by atoms with Crippen LogP contribution in [-0.2, 0) is 4.79 Å². The number of carbonyl (C=O) groups excluding carboxylic acids is 1. The molecule has 0 saturated carbocycles. The summed E-state index contributed by atoms with van der Waals surface area (Å²) in [7, 11) is 7.17. The Morgan fingerprint density at radius 2 is 1.84 bits per heavy atom. The number of amides is 1. The third-order valence-corrected chi connectivity index (χ3v) is 6.13. The zero-order valence-corrected chi connectivity index (χ0v) is 20.9. The first-order valence-electron chi connectivity index (χ1n) is 9.78. The van der Waals surface area contributed by atoms with E-state index in [1.54, 1.807) is 43.4 Å². The van der Waals surface area contributed by atoms with Crippen molar-refractivity contribution < 1.29 is 19.0 Å². The van der Waals surface area contributed by atoms with Crippen LogP contribution in [-0.4, -0.2) is 63.8 Å². The highest BCUT2D eigenvalue weighted by Crippen LogP contribution is 2.38. The molecular formula is C22H27Cl2N3O4S. The van der Waals surface area contributed by atoms with Gasteiger partial charge < -0.3 is 19.1 Å². The second-order valence-electron chi connectivity index (χ2n) is 7.09. The molecule has 3 rings (SSSR count). The van der Waals surface area contributed by atoms with Crippen LogP contribution in [0.4, 0.5) is 5.13 Å². The number of hydrogen-bond donors (Lipinski definition) is 0. The summed E-state index contributed by atoms with van der Waals surface area (Å²) >= 11 is 7.74. The van der Waals surface area contributed by atoms with Crippen molar-refractivity contribution >= 4 is 56.6 Å². The molecule has 7 nitrogen and oxygen atoms in total. The number of methoxy groups -OCH3 is 2. The van der Waals surface area contributed by atoms with Crippen LogP contribution in [0.2, 0.25) is 5.02 Å². The Labute approximate surface area is 203 Å². The van der Waals surface area contributed by atoms with E-state index in [0.29, 0.717) is 39.5 Å². The molecule has 0 unspecified atom stereocenters. The monoisotopic (exact) mass is 499 g/mol. The highest BCUT2D eigenvalue weighted by Gasteiger charge is 2.22. The summed E-state index contributed by atoms with van der Waals surface area (Å²) in [6.45, 7) is 1.24. The average molecular weight is 500 g/mol. The minimum absolute atomic E-state index is 0. The van der Waals surface area contributed by atoms with E-state index in [1.165, 1.54) is 11.3 Å². The van der Waals surface area contributed by atoms with Gasteiger partial charge in [0.25, 0.3) is 5.91 Å². The van der Waals surface area contributed by atoms with E-state index in [1.807, 2.05) is 26.2 Å². The highest BCUT2D eigenvalue weighted by atomic mass is 35.5. The molecule has 3 aromatic rings. The van der Waals surface area contributed by atoms with Crippen LogP contribution in [0.5, 0.6) is 17.2 Å². The first-order chi connectivity index (χ1) is 14.9. The number of fused-ring (bicyclic) bond motifs is 1. The molecule has 0 atom stereocenters. The Bertz CT molecular complexity index is 1050. The Balaban J connectivity index is 0.00000363. The SMILES string of the molecule is COc1cccc(OCC(=O)N(CCCN(C)C)c2nc3c(OC)ccc(Cl)c3s2)c1.Cl. The van der Waals surface area contributed by atoms with Gasteiger partial charge in [0.05, 0.1) is 23.9 Å². The summed E-state index contributed by atoms with van der Waals surface area (Å²) in [6, 6.07) is 10.7. The van der Waals surface area contributed by atoms with Gasteiger partial charge in [-0.25, -0.2) is 4.98 Å². The van der Waals surface area contributed by atoms with E-state index in [2.05, 4.69) is 9.88 Å². The Morgan fingerprint density at radius 3 is 2.53 bits per heavy atom. The van der Waals surface area contributed by atoms with Crippen LogP contribution in [0.1, 0.15) is 6.42 Å². The third-order valence-electron chi connectivity index (χ3n) is 4.59. The number of benzene rings is 2. The molecule has 174 valence electrons. The maximum Gasteiger partial charge on any atom is 0.266 e. The van der Waals surface area contributed by atoms with Crippen LogP contribution in [0, 0.1) is 0 Å². The molecule has 10 heteroatoms. The van der Waals surface area contributed by atoms with Gasteiger partial charge in [0.15, 0.2) is 11.7 Å². The van der Waals surface area contributed by atoms with E-state index >= 15 is 0 Å². The minimum Gasteiger partial charge on any atom is -0.497 e. The largest absolute Gasteiger partial charge is 0.497 e. The minimum atomic E-state index is -0.185. The third kappa shape index (κ3) is 6.38. The van der Waals surface area contributed by atoms with Crippen LogP contribution < -0.4 is 19.1 Å². The second kappa shape index (κ2) is 12.1. The molecule has 0 aliphatic carbocycles. The second-order valence-corrected chi connectivity index (χ2v) is 8.48. The van der Waals surface area contributed by atoms with E-state index < -0.39 is 0 Å². The van der Waals surface area contributed by atoms with E-state index in [9.17, 15) is 4.79 Å². The van der Waals surface area contributed by atoms with Gasteiger partial charge in [-0.05, 0) is 51.3 Å². The number of thiazole rings is 1. The first-order valence-corrected chi connectivity index (χ1v) is 11.0. The van der Waals surface area contributed by atoms with Crippen molar-refractivity contribution in [2.45, 2.75) is 6.42 Å². The molecule has 32 heavy (non-hydrogen) atoms. The van der Waals surface area contributed by atoms with Crippen LogP contribution >= 0.6 is 35.3 Å². The van der Waals surface area contributed by atoms with Crippen LogP contribution in [0.15, 0.2) is 36.4 Å². The van der Waals surface area contributed by atoms with E-state index in [-0.39, 0.29) is 24.9 Å². The number of halogens is 2. The molecule has 0 aliphatic rings. The zero-order chi connectivity index (χ0) is 22.4. The highest BCUT2D eigenvalue weighted by molar-refractivity contribution is 7.23. The predicted molar refractivity (Wildman–Crippen MR) is 132 cm³/mol. The number of nitrogens with zero attached hydrogens (tertiary/aromatic N) is 3. The number of aromatic nitrogens is 1. The maximum atomic E-state index is 13.1. The molecule has 1 heterocycles. The summed E-state index contributed by atoms with van der Waals surface area (Å²) in [4.78, 5) is 21.5. The zero-order valence-electron chi connectivity index (χ0n) is 18.5. The number of rotatable bonds is 10. The maximum absolute atomic E-state index is 13.1. The lowest BCUT2D eigenvalue weighted by Gasteiger charge is -2.21. The topological polar surface area (TPSA) is 64.1 Å². The molecule has 0 spiro atoms. The van der Waals surface area contributed by atoms with E-state index in [0.717, 1.165) is 17.7 Å². The quantitative estimate of drug-likeness (QED) is 0.400. The van der Waals surface area contributed by atoms with Gasteiger partial charge in [-0.1, -0.05) is 29.0 Å². The molecule has 0 radical (unpaired) electrons.